The van der Waals surface area contributed by atoms with Crippen LogP contribution >= 0.6 is 23.6 Å². The number of thiazole rings is 1. The molecule has 2 aromatic carbocycles. The van der Waals surface area contributed by atoms with Gasteiger partial charge >= 0.3 is 0 Å². The zero-order chi connectivity index (χ0) is 21.8. The quantitative estimate of drug-likeness (QED) is 0.334. The number of amides is 1. The van der Waals surface area contributed by atoms with Gasteiger partial charge in [0.05, 0.1) is 10.6 Å². The van der Waals surface area contributed by atoms with Gasteiger partial charge in [-0.3, -0.25) is 20.2 Å². The maximum Gasteiger partial charge on any atom is 0.293 e. The Bertz CT molecular complexity index is 1130. The van der Waals surface area contributed by atoms with E-state index in [0.29, 0.717) is 10.8 Å². The van der Waals surface area contributed by atoms with Crippen LogP contribution in [0.15, 0.2) is 53.9 Å². The number of nitro groups is 1. The number of nitrogens with one attached hydrogen (secondary N) is 2. The first kappa shape index (κ1) is 20.9. The largest absolute Gasteiger partial charge is 0.366 e. The Morgan fingerprint density at radius 2 is 1.90 bits per heavy atom. The monoisotopic (exact) mass is 453 g/mol. The molecule has 31 heavy (non-hydrogen) atoms. The molecule has 1 amide bonds. The SMILES string of the molecule is O=C(NC(=S)Nc1nc(-c2ccccc2)cs1)c1ccc(N2CCCC2)c([N+](=O)[O-])c1. The van der Waals surface area contributed by atoms with Crippen LogP contribution in [0.1, 0.15) is 23.2 Å². The second-order valence-corrected chi connectivity index (χ2v) is 8.23. The van der Waals surface area contributed by atoms with Gasteiger partial charge in [-0.15, -0.1) is 11.3 Å². The third-order valence-corrected chi connectivity index (χ3v) is 5.86. The van der Waals surface area contributed by atoms with Crippen molar-refractivity contribution in [3.05, 3.63) is 69.6 Å². The van der Waals surface area contributed by atoms with Gasteiger partial charge < -0.3 is 10.2 Å². The highest BCUT2D eigenvalue weighted by Crippen LogP contribution is 2.31. The van der Waals surface area contributed by atoms with Crippen molar-refractivity contribution in [3.8, 4) is 11.3 Å². The minimum Gasteiger partial charge on any atom is -0.366 e. The molecule has 4 rings (SSSR count). The van der Waals surface area contributed by atoms with Crippen LogP contribution in [0.2, 0.25) is 0 Å². The fraction of sp³-hybridized carbons (Fsp3) is 0.190. The smallest absolute Gasteiger partial charge is 0.293 e. The normalized spacial score (nSPS) is 13.1. The van der Waals surface area contributed by atoms with Gasteiger partial charge in [-0.2, -0.15) is 0 Å². The fourth-order valence-electron chi connectivity index (χ4n) is 3.41. The molecule has 1 aromatic heterocycles. The number of rotatable bonds is 5. The first-order chi connectivity index (χ1) is 15.0. The van der Waals surface area contributed by atoms with E-state index >= 15 is 0 Å². The van der Waals surface area contributed by atoms with Gasteiger partial charge in [0, 0.05) is 35.7 Å². The maximum absolute atomic E-state index is 12.6. The number of carbonyl (C=O) groups excluding carboxylic acids is 1. The summed E-state index contributed by atoms with van der Waals surface area (Å²) in [5.41, 5.74) is 2.40. The molecule has 0 saturated carbocycles. The summed E-state index contributed by atoms with van der Waals surface area (Å²) in [6.07, 6.45) is 2.00. The van der Waals surface area contributed by atoms with Crippen molar-refractivity contribution in [1.82, 2.24) is 10.3 Å². The zero-order valence-electron chi connectivity index (χ0n) is 16.4. The van der Waals surface area contributed by atoms with Gasteiger partial charge in [0.2, 0.25) is 0 Å². The van der Waals surface area contributed by atoms with Crippen LogP contribution in [0.5, 0.6) is 0 Å². The molecule has 0 atom stereocenters. The summed E-state index contributed by atoms with van der Waals surface area (Å²) >= 11 is 6.58. The average molecular weight is 454 g/mol. The highest BCUT2D eigenvalue weighted by molar-refractivity contribution is 7.80. The van der Waals surface area contributed by atoms with Crippen LogP contribution < -0.4 is 15.5 Å². The van der Waals surface area contributed by atoms with Crippen molar-refractivity contribution in [2.24, 2.45) is 0 Å². The fourth-order valence-corrected chi connectivity index (χ4v) is 4.39. The van der Waals surface area contributed by atoms with Gasteiger partial charge in [-0.1, -0.05) is 30.3 Å². The Kier molecular flexibility index (Phi) is 6.19. The van der Waals surface area contributed by atoms with Crippen molar-refractivity contribution in [3.63, 3.8) is 0 Å². The van der Waals surface area contributed by atoms with Crippen LogP contribution in [0.25, 0.3) is 11.3 Å². The molecule has 0 spiro atoms. The topological polar surface area (TPSA) is 100 Å². The lowest BCUT2D eigenvalue weighted by molar-refractivity contribution is -0.384. The molecular formula is C21H19N5O3S2. The van der Waals surface area contributed by atoms with E-state index in [9.17, 15) is 14.9 Å². The number of thiocarbonyl (C=S) groups is 1. The molecule has 0 bridgehead atoms. The van der Waals surface area contributed by atoms with Crippen LogP contribution in [0, 0.1) is 10.1 Å². The van der Waals surface area contributed by atoms with E-state index in [2.05, 4.69) is 15.6 Å². The summed E-state index contributed by atoms with van der Waals surface area (Å²) in [5, 5.41) is 19.5. The van der Waals surface area contributed by atoms with E-state index in [0.717, 1.165) is 37.2 Å². The summed E-state index contributed by atoms with van der Waals surface area (Å²) in [6.45, 7) is 1.55. The lowest BCUT2D eigenvalue weighted by atomic mass is 10.1. The van der Waals surface area contributed by atoms with Crippen molar-refractivity contribution < 1.29 is 9.72 Å². The van der Waals surface area contributed by atoms with E-state index in [-0.39, 0.29) is 16.4 Å². The van der Waals surface area contributed by atoms with E-state index < -0.39 is 10.8 Å². The van der Waals surface area contributed by atoms with Gasteiger partial charge in [0.15, 0.2) is 10.2 Å². The molecule has 1 aliphatic heterocycles. The molecule has 1 saturated heterocycles. The molecule has 0 unspecified atom stereocenters. The minimum absolute atomic E-state index is 0.0743. The summed E-state index contributed by atoms with van der Waals surface area (Å²) in [6, 6.07) is 14.2. The third kappa shape index (κ3) is 4.86. The summed E-state index contributed by atoms with van der Waals surface area (Å²) in [7, 11) is 0. The van der Waals surface area contributed by atoms with E-state index in [4.69, 9.17) is 12.2 Å². The minimum atomic E-state index is -0.520. The van der Waals surface area contributed by atoms with Crippen LogP contribution in [-0.4, -0.2) is 34.0 Å². The van der Waals surface area contributed by atoms with Crippen molar-refractivity contribution in [2.75, 3.05) is 23.3 Å². The number of carbonyl (C=O) groups is 1. The Morgan fingerprint density at radius 3 is 2.61 bits per heavy atom. The summed E-state index contributed by atoms with van der Waals surface area (Å²) < 4.78 is 0. The van der Waals surface area contributed by atoms with E-state index in [1.165, 1.54) is 17.4 Å². The average Bonchev–Trinajstić information content (AvgIpc) is 3.46. The number of hydrogen-bond donors (Lipinski definition) is 2. The number of hydrogen-bond acceptors (Lipinski definition) is 7. The van der Waals surface area contributed by atoms with E-state index in [1.807, 2.05) is 40.6 Å². The standard InChI is InChI=1S/C21H19N5O3S2/c27-19(15-8-9-17(18(12-15)26(28)29)25-10-4-5-11-25)23-20(30)24-21-22-16(13-31-21)14-6-2-1-3-7-14/h1-3,6-9,12-13H,4-5,10-11H2,(H2,22,23,24,27,30). The third-order valence-electron chi connectivity index (χ3n) is 4.90. The molecule has 158 valence electrons. The van der Waals surface area contributed by atoms with Crippen LogP contribution in [-0.2, 0) is 0 Å². The number of benzene rings is 2. The Morgan fingerprint density at radius 1 is 1.16 bits per heavy atom. The number of anilines is 2. The lowest BCUT2D eigenvalue weighted by Gasteiger charge is -2.17. The molecule has 2 N–H and O–H groups in total. The second-order valence-electron chi connectivity index (χ2n) is 6.97. The Labute approximate surface area is 188 Å². The highest BCUT2D eigenvalue weighted by atomic mass is 32.1. The molecule has 3 aromatic rings. The van der Waals surface area contributed by atoms with Crippen molar-refractivity contribution in [1.29, 1.82) is 0 Å². The van der Waals surface area contributed by atoms with Crippen molar-refractivity contribution >= 4 is 51.1 Å². The molecular weight excluding hydrogens is 434 g/mol. The first-order valence-electron chi connectivity index (χ1n) is 9.68. The number of nitro benzene ring substituents is 1. The van der Waals surface area contributed by atoms with Gasteiger partial charge in [0.25, 0.3) is 11.6 Å². The van der Waals surface area contributed by atoms with E-state index in [1.54, 1.807) is 12.1 Å². The Balaban J connectivity index is 1.43. The van der Waals surface area contributed by atoms with Crippen LogP contribution in [0.3, 0.4) is 0 Å². The molecule has 1 fully saturated rings. The number of nitrogens with zero attached hydrogens (tertiary/aromatic N) is 3. The lowest BCUT2D eigenvalue weighted by Crippen LogP contribution is -2.34. The maximum atomic E-state index is 12.6. The van der Waals surface area contributed by atoms with Gasteiger partial charge in [0.1, 0.15) is 5.69 Å². The number of aromatic nitrogens is 1. The zero-order valence-corrected chi connectivity index (χ0v) is 18.0. The second kappa shape index (κ2) is 9.19. The predicted molar refractivity (Wildman–Crippen MR) is 126 cm³/mol. The van der Waals surface area contributed by atoms with Gasteiger partial charge in [-0.05, 0) is 37.2 Å². The molecule has 2 heterocycles. The molecule has 0 radical (unpaired) electrons. The first-order valence-corrected chi connectivity index (χ1v) is 11.0. The highest BCUT2D eigenvalue weighted by Gasteiger charge is 2.24. The molecule has 8 nitrogen and oxygen atoms in total. The molecule has 1 aliphatic rings. The van der Waals surface area contributed by atoms with Gasteiger partial charge in [-0.25, -0.2) is 4.98 Å². The van der Waals surface area contributed by atoms with Crippen molar-refractivity contribution in [2.45, 2.75) is 12.8 Å². The predicted octanol–water partition coefficient (Wildman–Crippen LogP) is 4.45. The summed E-state index contributed by atoms with van der Waals surface area (Å²) in [4.78, 5) is 30.1. The molecule has 0 aliphatic carbocycles. The molecule has 10 heteroatoms. The Hall–Kier alpha value is -3.37. The van der Waals surface area contributed by atoms with Crippen LogP contribution in [0.4, 0.5) is 16.5 Å². The summed E-state index contributed by atoms with van der Waals surface area (Å²) in [5.74, 6) is -0.520.